The van der Waals surface area contributed by atoms with Crippen molar-refractivity contribution in [2.45, 2.75) is 119 Å². The van der Waals surface area contributed by atoms with Crippen molar-refractivity contribution in [1.82, 2.24) is 0 Å². The summed E-state index contributed by atoms with van der Waals surface area (Å²) in [4.78, 5) is 10.6. The zero-order valence-electron chi connectivity index (χ0n) is 22.8. The maximum atomic E-state index is 5.29. The van der Waals surface area contributed by atoms with Crippen molar-refractivity contribution >= 4 is 22.8 Å². The number of unbranched alkanes of at least 4 members (excludes halogenated alkanes) is 4. The van der Waals surface area contributed by atoms with E-state index in [1.165, 1.54) is 65.8 Å². The van der Waals surface area contributed by atoms with Crippen LogP contribution in [0.4, 0.5) is 11.4 Å². The Bertz CT molecular complexity index is 892. The smallest absolute Gasteiger partial charge is 0.0639 e. The highest BCUT2D eigenvalue weighted by molar-refractivity contribution is 6.43. The van der Waals surface area contributed by atoms with Gasteiger partial charge in [-0.1, -0.05) is 79.4 Å². The molecule has 34 heavy (non-hydrogen) atoms. The Hall–Kier alpha value is -2.22. The molecule has 2 rings (SSSR count). The molecule has 0 bridgehead atoms. The molecular formula is C32H48N2. The van der Waals surface area contributed by atoms with Gasteiger partial charge >= 0.3 is 0 Å². The van der Waals surface area contributed by atoms with Gasteiger partial charge in [-0.2, -0.15) is 0 Å². The van der Waals surface area contributed by atoms with Crippen LogP contribution in [0, 0.1) is 0 Å². The summed E-state index contributed by atoms with van der Waals surface area (Å²) in [6.07, 6.45) is 13.5. The molecule has 2 nitrogen and oxygen atoms in total. The number of hydrogen-bond acceptors (Lipinski definition) is 2. The number of benzene rings is 2. The molecule has 0 aliphatic carbocycles. The van der Waals surface area contributed by atoms with Crippen LogP contribution in [-0.2, 0) is 25.7 Å². The van der Waals surface area contributed by atoms with E-state index in [2.05, 4.69) is 77.9 Å². The summed E-state index contributed by atoms with van der Waals surface area (Å²) < 4.78 is 0. The lowest BCUT2D eigenvalue weighted by molar-refractivity contribution is 0.683. The van der Waals surface area contributed by atoms with Gasteiger partial charge in [0.2, 0.25) is 0 Å². The third-order valence-electron chi connectivity index (χ3n) is 6.60. The molecule has 0 saturated heterocycles. The van der Waals surface area contributed by atoms with E-state index >= 15 is 0 Å². The molecule has 0 amide bonds. The summed E-state index contributed by atoms with van der Waals surface area (Å²) in [5.41, 5.74) is 10.1. The minimum atomic E-state index is 0.995. The van der Waals surface area contributed by atoms with E-state index < -0.39 is 0 Å². The summed E-state index contributed by atoms with van der Waals surface area (Å²) in [7, 11) is 0. The summed E-state index contributed by atoms with van der Waals surface area (Å²) in [5.74, 6) is 0. The number of hydrogen-bond donors (Lipinski definition) is 0. The van der Waals surface area contributed by atoms with E-state index in [1.54, 1.807) is 0 Å². The average Bonchev–Trinajstić information content (AvgIpc) is 2.87. The van der Waals surface area contributed by atoms with Gasteiger partial charge in [0.25, 0.3) is 0 Å². The van der Waals surface area contributed by atoms with E-state index in [1.807, 2.05) is 0 Å². The Kier molecular flexibility index (Phi) is 12.9. The first kappa shape index (κ1) is 28.0. The second-order valence-corrected chi connectivity index (χ2v) is 9.46. The number of rotatable bonds is 15. The molecule has 0 aliphatic rings. The van der Waals surface area contributed by atoms with Gasteiger partial charge in [-0.05, 0) is 97.9 Å². The van der Waals surface area contributed by atoms with Crippen LogP contribution < -0.4 is 0 Å². The molecule has 2 aromatic carbocycles. The van der Waals surface area contributed by atoms with Crippen molar-refractivity contribution in [2.75, 3.05) is 0 Å². The fourth-order valence-electron chi connectivity index (χ4n) is 4.34. The van der Waals surface area contributed by atoms with Crippen LogP contribution in [0.1, 0.15) is 115 Å². The third-order valence-corrected chi connectivity index (χ3v) is 6.60. The molecule has 0 atom stereocenters. The largest absolute Gasteiger partial charge is 0.252 e. The van der Waals surface area contributed by atoms with E-state index in [0.29, 0.717) is 0 Å². The zero-order chi connectivity index (χ0) is 24.8. The molecule has 0 fully saturated rings. The van der Waals surface area contributed by atoms with Crippen LogP contribution in [0.3, 0.4) is 0 Å². The molecule has 2 aromatic rings. The topological polar surface area (TPSA) is 24.7 Å². The SMILES string of the molecule is CCCCCCC(=Nc1cc(CC)cc(CC)c1)C(CCCC)=Nc1cc(CC)cc(CC)c1. The fourth-order valence-corrected chi connectivity index (χ4v) is 4.34. The average molecular weight is 461 g/mol. The lowest BCUT2D eigenvalue weighted by Gasteiger charge is -2.13. The minimum absolute atomic E-state index is 0.995. The molecule has 0 saturated carbocycles. The number of aryl methyl sites for hydroxylation is 4. The van der Waals surface area contributed by atoms with Crippen LogP contribution in [-0.4, -0.2) is 11.4 Å². The Morgan fingerprint density at radius 1 is 0.471 bits per heavy atom. The van der Waals surface area contributed by atoms with Crippen LogP contribution in [0.15, 0.2) is 46.4 Å². The van der Waals surface area contributed by atoms with Gasteiger partial charge in [-0.3, -0.25) is 9.98 Å². The second kappa shape index (κ2) is 15.6. The van der Waals surface area contributed by atoms with E-state index in [0.717, 1.165) is 56.3 Å². The fraction of sp³-hybridized carbons (Fsp3) is 0.562. The standard InChI is InChI=1S/C32H48N2/c1-7-13-15-16-18-32(34-30-23-27(11-5)20-28(12-6)24-30)31(17-14-8-2)33-29-21-25(9-3)19-26(10-4)22-29/h19-24H,7-18H2,1-6H3. The van der Waals surface area contributed by atoms with Crippen LogP contribution in [0.2, 0.25) is 0 Å². The Labute approximate surface area is 210 Å². The monoisotopic (exact) mass is 460 g/mol. The van der Waals surface area contributed by atoms with Gasteiger partial charge in [-0.25, -0.2) is 0 Å². The second-order valence-electron chi connectivity index (χ2n) is 9.46. The number of nitrogens with zero attached hydrogens (tertiary/aromatic N) is 2. The molecule has 186 valence electrons. The first-order chi connectivity index (χ1) is 16.6. The first-order valence-electron chi connectivity index (χ1n) is 14.0. The van der Waals surface area contributed by atoms with E-state index in [9.17, 15) is 0 Å². The Morgan fingerprint density at radius 3 is 1.21 bits per heavy atom. The van der Waals surface area contributed by atoms with Crippen LogP contribution in [0.5, 0.6) is 0 Å². The van der Waals surface area contributed by atoms with Crippen molar-refractivity contribution in [2.24, 2.45) is 9.98 Å². The molecule has 0 heterocycles. The van der Waals surface area contributed by atoms with Crippen molar-refractivity contribution in [3.05, 3.63) is 58.7 Å². The summed E-state index contributed by atoms with van der Waals surface area (Å²) in [6.45, 7) is 13.5. The molecule has 2 heteroatoms. The van der Waals surface area contributed by atoms with Gasteiger partial charge < -0.3 is 0 Å². The molecule has 0 spiro atoms. The van der Waals surface area contributed by atoms with Crippen molar-refractivity contribution < 1.29 is 0 Å². The van der Waals surface area contributed by atoms with Crippen molar-refractivity contribution in [3.8, 4) is 0 Å². The van der Waals surface area contributed by atoms with Gasteiger partial charge in [0.1, 0.15) is 0 Å². The highest BCUT2D eigenvalue weighted by Crippen LogP contribution is 2.24. The molecule has 0 aromatic heterocycles. The summed E-state index contributed by atoms with van der Waals surface area (Å²) >= 11 is 0. The predicted molar refractivity (Wildman–Crippen MR) is 153 cm³/mol. The summed E-state index contributed by atoms with van der Waals surface area (Å²) in [6, 6.07) is 13.7. The van der Waals surface area contributed by atoms with Crippen LogP contribution >= 0.6 is 0 Å². The molecule has 0 unspecified atom stereocenters. The maximum Gasteiger partial charge on any atom is 0.0639 e. The van der Waals surface area contributed by atoms with E-state index in [4.69, 9.17) is 9.98 Å². The van der Waals surface area contributed by atoms with Gasteiger partial charge in [0.05, 0.1) is 22.8 Å². The van der Waals surface area contributed by atoms with Crippen LogP contribution in [0.25, 0.3) is 0 Å². The quantitative estimate of drug-likeness (QED) is 0.186. The Morgan fingerprint density at radius 2 is 0.853 bits per heavy atom. The van der Waals surface area contributed by atoms with Crippen molar-refractivity contribution in [3.63, 3.8) is 0 Å². The maximum absolute atomic E-state index is 5.29. The lowest BCUT2D eigenvalue weighted by atomic mass is 10.0. The Balaban J connectivity index is 2.56. The highest BCUT2D eigenvalue weighted by atomic mass is 14.8. The normalized spacial score (nSPS) is 12.4. The minimum Gasteiger partial charge on any atom is -0.252 e. The van der Waals surface area contributed by atoms with Gasteiger partial charge in [-0.15, -0.1) is 0 Å². The van der Waals surface area contributed by atoms with Gasteiger partial charge in [0.15, 0.2) is 0 Å². The molecular weight excluding hydrogens is 412 g/mol. The predicted octanol–water partition coefficient (Wildman–Crippen LogP) is 9.94. The van der Waals surface area contributed by atoms with Crippen molar-refractivity contribution in [1.29, 1.82) is 0 Å². The first-order valence-corrected chi connectivity index (χ1v) is 14.0. The highest BCUT2D eigenvalue weighted by Gasteiger charge is 2.12. The third kappa shape index (κ3) is 9.20. The van der Waals surface area contributed by atoms with E-state index in [-0.39, 0.29) is 0 Å². The lowest BCUT2D eigenvalue weighted by Crippen LogP contribution is -2.14. The molecule has 0 N–H and O–H groups in total. The van der Waals surface area contributed by atoms with Gasteiger partial charge in [0, 0.05) is 0 Å². The zero-order valence-corrected chi connectivity index (χ0v) is 22.8. The molecule has 0 radical (unpaired) electrons. The summed E-state index contributed by atoms with van der Waals surface area (Å²) in [5, 5.41) is 0. The molecule has 0 aliphatic heterocycles. The number of aliphatic imine (C=N–C) groups is 2.